The van der Waals surface area contributed by atoms with Gasteiger partial charge in [0.2, 0.25) is 0 Å². The zero-order chi connectivity index (χ0) is 20.7. The first-order valence-corrected chi connectivity index (χ1v) is 9.48. The van der Waals surface area contributed by atoms with Crippen molar-refractivity contribution in [3.05, 3.63) is 60.2 Å². The Morgan fingerprint density at radius 3 is 2.63 bits per heavy atom. The van der Waals surface area contributed by atoms with Crippen LogP contribution in [0.5, 0.6) is 5.75 Å². The number of hydrogen-bond acceptors (Lipinski definition) is 3. The van der Waals surface area contributed by atoms with Crippen LogP contribution in [0.25, 0.3) is 0 Å². The predicted molar refractivity (Wildman–Crippen MR) is 124 cm³/mol. The highest BCUT2D eigenvalue weighted by molar-refractivity contribution is 14.0. The fraction of sp³-hybridized carbons (Fsp3) is 0.381. The van der Waals surface area contributed by atoms with Crippen molar-refractivity contribution in [1.29, 1.82) is 0 Å². The van der Waals surface area contributed by atoms with E-state index in [2.05, 4.69) is 32.7 Å². The van der Waals surface area contributed by atoms with E-state index >= 15 is 0 Å². The van der Waals surface area contributed by atoms with E-state index in [1.165, 1.54) is 11.8 Å². The van der Waals surface area contributed by atoms with Crippen LogP contribution < -0.4 is 20.3 Å². The predicted octanol–water partition coefficient (Wildman–Crippen LogP) is 4.19. The minimum absolute atomic E-state index is 0. The molecule has 0 aliphatic carbocycles. The van der Waals surface area contributed by atoms with Gasteiger partial charge in [-0.25, -0.2) is 0 Å². The van der Waals surface area contributed by atoms with E-state index in [4.69, 9.17) is 4.74 Å². The maximum Gasteiger partial charge on any atom is 0.422 e. The van der Waals surface area contributed by atoms with Gasteiger partial charge in [0.05, 0.1) is 0 Å². The van der Waals surface area contributed by atoms with Gasteiger partial charge < -0.3 is 20.3 Å². The normalized spacial score (nSPS) is 16.7. The fourth-order valence-electron chi connectivity index (χ4n) is 3.24. The maximum atomic E-state index is 12.3. The summed E-state index contributed by atoms with van der Waals surface area (Å²) in [4.78, 5) is 6.58. The first-order chi connectivity index (χ1) is 13.9. The Morgan fingerprint density at radius 2 is 1.93 bits per heavy atom. The monoisotopic (exact) mass is 534 g/mol. The number of aliphatic imine (C=N–C) groups is 1. The summed E-state index contributed by atoms with van der Waals surface area (Å²) in [5.41, 5.74) is 2.01. The van der Waals surface area contributed by atoms with Crippen LogP contribution in [0.1, 0.15) is 12.0 Å². The molecule has 0 saturated carbocycles. The van der Waals surface area contributed by atoms with Crippen molar-refractivity contribution in [2.24, 2.45) is 4.99 Å². The van der Waals surface area contributed by atoms with Gasteiger partial charge in [-0.05, 0) is 36.2 Å². The lowest BCUT2D eigenvalue weighted by atomic mass is 10.2. The number of alkyl halides is 3. The van der Waals surface area contributed by atoms with Crippen molar-refractivity contribution >= 4 is 35.6 Å². The number of anilines is 1. The third-order valence-electron chi connectivity index (χ3n) is 4.63. The molecule has 2 N–H and O–H groups in total. The lowest BCUT2D eigenvalue weighted by Crippen LogP contribution is -2.44. The molecule has 1 aliphatic heterocycles. The molecule has 1 heterocycles. The summed E-state index contributed by atoms with van der Waals surface area (Å²) in [6, 6.07) is 17.1. The van der Waals surface area contributed by atoms with Gasteiger partial charge in [0.1, 0.15) is 5.75 Å². The van der Waals surface area contributed by atoms with Crippen LogP contribution in [0.15, 0.2) is 59.6 Å². The molecule has 2 aromatic rings. The Hall–Kier alpha value is -2.17. The average molecular weight is 534 g/mol. The number of guanidine groups is 1. The summed E-state index contributed by atoms with van der Waals surface area (Å²) >= 11 is 0. The van der Waals surface area contributed by atoms with Crippen molar-refractivity contribution in [3.8, 4) is 5.75 Å². The molecule has 2 aromatic carbocycles. The number of benzene rings is 2. The average Bonchev–Trinajstić information content (AvgIpc) is 3.18. The van der Waals surface area contributed by atoms with E-state index in [9.17, 15) is 13.2 Å². The Kier molecular flexibility index (Phi) is 9.07. The maximum absolute atomic E-state index is 12.3. The molecule has 0 amide bonds. The standard InChI is InChI=1S/C21H25F3N4O.HI/c1-25-20(27-17-10-11-28(14-17)18-7-3-2-4-8-18)26-13-16-6-5-9-19(12-16)29-15-21(22,23)24;/h2-9,12,17H,10-11,13-15H2,1H3,(H2,25,26,27);1H. The Bertz CT molecular complexity index is 817. The number of hydrogen-bond donors (Lipinski definition) is 2. The van der Waals surface area contributed by atoms with E-state index in [1.807, 2.05) is 24.3 Å². The quantitative estimate of drug-likeness (QED) is 0.332. The third kappa shape index (κ3) is 7.58. The van der Waals surface area contributed by atoms with Gasteiger partial charge in [0.25, 0.3) is 0 Å². The molecule has 1 aliphatic rings. The van der Waals surface area contributed by atoms with Gasteiger partial charge in [-0.3, -0.25) is 4.99 Å². The van der Waals surface area contributed by atoms with E-state index in [0.29, 0.717) is 12.5 Å². The van der Waals surface area contributed by atoms with Gasteiger partial charge in [0, 0.05) is 38.4 Å². The Balaban J connectivity index is 0.00000320. The van der Waals surface area contributed by atoms with Crippen molar-refractivity contribution < 1.29 is 17.9 Å². The van der Waals surface area contributed by atoms with Crippen LogP contribution in [0.2, 0.25) is 0 Å². The van der Waals surface area contributed by atoms with Crippen LogP contribution in [0.3, 0.4) is 0 Å². The van der Waals surface area contributed by atoms with Crippen molar-refractivity contribution in [1.82, 2.24) is 10.6 Å². The summed E-state index contributed by atoms with van der Waals surface area (Å²) in [6.07, 6.45) is -3.36. The summed E-state index contributed by atoms with van der Waals surface area (Å²) < 4.78 is 41.7. The van der Waals surface area contributed by atoms with Crippen LogP contribution >= 0.6 is 24.0 Å². The summed E-state index contributed by atoms with van der Waals surface area (Å²) in [5, 5.41) is 6.62. The highest BCUT2D eigenvalue weighted by Crippen LogP contribution is 2.20. The number of nitrogens with one attached hydrogen (secondary N) is 2. The van der Waals surface area contributed by atoms with Crippen LogP contribution in [0, 0.1) is 0 Å². The van der Waals surface area contributed by atoms with Crippen molar-refractivity contribution in [2.75, 3.05) is 31.6 Å². The molecule has 1 unspecified atom stereocenters. The zero-order valence-corrected chi connectivity index (χ0v) is 19.0. The third-order valence-corrected chi connectivity index (χ3v) is 4.63. The number of ether oxygens (including phenoxy) is 1. The van der Waals surface area contributed by atoms with Crippen molar-refractivity contribution in [2.45, 2.75) is 25.2 Å². The molecular formula is C21H26F3IN4O. The number of para-hydroxylation sites is 1. The summed E-state index contributed by atoms with van der Waals surface area (Å²) in [5.74, 6) is 0.852. The molecule has 30 heavy (non-hydrogen) atoms. The lowest BCUT2D eigenvalue weighted by Gasteiger charge is -2.20. The van der Waals surface area contributed by atoms with Crippen LogP contribution in [-0.4, -0.2) is 44.9 Å². The first-order valence-electron chi connectivity index (χ1n) is 9.48. The second kappa shape index (κ2) is 11.3. The van der Waals surface area contributed by atoms with Gasteiger partial charge in [-0.15, -0.1) is 24.0 Å². The highest BCUT2D eigenvalue weighted by atomic mass is 127. The van der Waals surface area contributed by atoms with Gasteiger partial charge in [-0.1, -0.05) is 30.3 Å². The van der Waals surface area contributed by atoms with E-state index in [0.717, 1.165) is 25.1 Å². The molecule has 9 heteroatoms. The summed E-state index contributed by atoms with van der Waals surface area (Å²) in [6.45, 7) is 0.980. The SMILES string of the molecule is CN=C(NCc1cccc(OCC(F)(F)F)c1)NC1CCN(c2ccccc2)C1.I. The minimum atomic E-state index is -4.35. The first kappa shape index (κ1) is 24.1. The number of rotatable bonds is 6. The second-order valence-corrected chi connectivity index (χ2v) is 6.89. The minimum Gasteiger partial charge on any atom is -0.484 e. The largest absolute Gasteiger partial charge is 0.484 e. The lowest BCUT2D eigenvalue weighted by molar-refractivity contribution is -0.153. The molecule has 0 bridgehead atoms. The molecule has 0 radical (unpaired) electrons. The molecular weight excluding hydrogens is 508 g/mol. The van der Waals surface area contributed by atoms with E-state index < -0.39 is 12.8 Å². The van der Waals surface area contributed by atoms with Crippen LogP contribution in [0.4, 0.5) is 18.9 Å². The summed E-state index contributed by atoms with van der Waals surface area (Å²) in [7, 11) is 1.70. The molecule has 3 rings (SSSR count). The van der Waals surface area contributed by atoms with E-state index in [1.54, 1.807) is 19.2 Å². The van der Waals surface area contributed by atoms with Crippen LogP contribution in [-0.2, 0) is 6.54 Å². The molecule has 0 aromatic heterocycles. The molecule has 164 valence electrons. The molecule has 5 nitrogen and oxygen atoms in total. The van der Waals surface area contributed by atoms with E-state index in [-0.39, 0.29) is 35.8 Å². The fourth-order valence-corrected chi connectivity index (χ4v) is 3.24. The Labute approximate surface area is 191 Å². The molecule has 0 spiro atoms. The highest BCUT2D eigenvalue weighted by Gasteiger charge is 2.28. The smallest absolute Gasteiger partial charge is 0.422 e. The molecule has 1 fully saturated rings. The zero-order valence-electron chi connectivity index (χ0n) is 16.7. The number of nitrogens with zero attached hydrogens (tertiary/aromatic N) is 2. The van der Waals surface area contributed by atoms with Crippen molar-refractivity contribution in [3.63, 3.8) is 0 Å². The Morgan fingerprint density at radius 1 is 1.17 bits per heavy atom. The van der Waals surface area contributed by atoms with Gasteiger partial charge in [0.15, 0.2) is 12.6 Å². The topological polar surface area (TPSA) is 48.9 Å². The molecule has 1 saturated heterocycles. The number of halogens is 4. The second-order valence-electron chi connectivity index (χ2n) is 6.89. The molecule has 1 atom stereocenters. The van der Waals surface area contributed by atoms with Gasteiger partial charge in [-0.2, -0.15) is 13.2 Å². The van der Waals surface area contributed by atoms with Gasteiger partial charge >= 0.3 is 6.18 Å².